The van der Waals surface area contributed by atoms with Gasteiger partial charge in [0.25, 0.3) is 0 Å². The van der Waals surface area contributed by atoms with Gasteiger partial charge in [-0.25, -0.2) is 4.39 Å². The summed E-state index contributed by atoms with van der Waals surface area (Å²) >= 11 is 0. The third-order valence-corrected chi connectivity index (χ3v) is 11.9. The van der Waals surface area contributed by atoms with Gasteiger partial charge in [-0.15, -0.1) is 0 Å². The van der Waals surface area contributed by atoms with Crippen LogP contribution in [0.15, 0.2) is 0 Å². The van der Waals surface area contributed by atoms with Crippen molar-refractivity contribution in [2.24, 2.45) is 52.3 Å². The second-order valence-corrected chi connectivity index (χ2v) is 13.0. The Labute approximate surface area is 183 Å². The molecule has 4 aliphatic carbocycles. The first-order valence-corrected chi connectivity index (χ1v) is 13.2. The second-order valence-electron chi connectivity index (χ2n) is 13.0. The number of hydrogen-bond donors (Lipinski definition) is 0. The molecule has 0 radical (unpaired) electrons. The Kier molecular flexibility index (Phi) is 4.56. The van der Waals surface area contributed by atoms with Crippen LogP contribution in [-0.4, -0.2) is 24.7 Å². The number of rotatable bonds is 0. The average Bonchev–Trinajstić information content (AvgIpc) is 3.16. The van der Waals surface area contributed by atoms with Crippen molar-refractivity contribution in [2.45, 2.75) is 110 Å². The molecule has 0 aromatic heterocycles. The summed E-state index contributed by atoms with van der Waals surface area (Å²) in [6, 6.07) is 0. The minimum Gasteiger partial charge on any atom is -0.349 e. The second kappa shape index (κ2) is 6.69. The smallest absolute Gasteiger partial charge is 0.171 e. The topological polar surface area (TPSA) is 18.5 Å². The predicted molar refractivity (Wildman–Crippen MR) is 117 cm³/mol. The lowest BCUT2D eigenvalue weighted by Gasteiger charge is -2.61. The first-order chi connectivity index (χ1) is 14.3. The lowest BCUT2D eigenvalue weighted by molar-refractivity contribution is -0.273. The van der Waals surface area contributed by atoms with Gasteiger partial charge in [0.2, 0.25) is 0 Å². The predicted octanol–water partition coefficient (Wildman–Crippen LogP) is 6.77. The number of alkyl halides is 1. The average molecular weight is 419 g/mol. The highest BCUT2D eigenvalue weighted by Gasteiger charge is 2.69. The van der Waals surface area contributed by atoms with Gasteiger partial charge in [-0.2, -0.15) is 0 Å². The molecule has 2 heterocycles. The largest absolute Gasteiger partial charge is 0.349 e. The number of hydrogen-bond acceptors (Lipinski definition) is 2. The van der Waals surface area contributed by atoms with Gasteiger partial charge < -0.3 is 9.47 Å². The minimum absolute atomic E-state index is 0.296. The van der Waals surface area contributed by atoms with E-state index in [0.29, 0.717) is 40.6 Å². The molecule has 6 fully saturated rings. The van der Waals surface area contributed by atoms with Gasteiger partial charge >= 0.3 is 0 Å². The molecule has 0 aromatic carbocycles. The van der Waals surface area contributed by atoms with Crippen LogP contribution in [-0.2, 0) is 9.47 Å². The van der Waals surface area contributed by atoms with Crippen LogP contribution >= 0.6 is 0 Å². The summed E-state index contributed by atoms with van der Waals surface area (Å²) in [5.41, 5.74) is 0.794. The van der Waals surface area contributed by atoms with Crippen molar-refractivity contribution in [3.8, 4) is 0 Å². The molecule has 0 bridgehead atoms. The quantitative estimate of drug-likeness (QED) is 0.432. The highest BCUT2D eigenvalue weighted by Crippen LogP contribution is 2.71. The van der Waals surface area contributed by atoms with Crippen LogP contribution < -0.4 is 0 Å². The Balaban J connectivity index is 1.26. The number of fused-ring (bicyclic) bond motifs is 7. The lowest BCUT2D eigenvalue weighted by Crippen LogP contribution is -2.54. The van der Waals surface area contributed by atoms with Gasteiger partial charge in [0, 0.05) is 12.3 Å². The van der Waals surface area contributed by atoms with Crippen molar-refractivity contribution in [3.05, 3.63) is 0 Å². The van der Waals surface area contributed by atoms with Crippen molar-refractivity contribution in [2.75, 3.05) is 6.61 Å². The van der Waals surface area contributed by atoms with E-state index in [0.717, 1.165) is 50.0 Å². The van der Waals surface area contributed by atoms with Crippen LogP contribution in [0.3, 0.4) is 0 Å². The van der Waals surface area contributed by atoms with Crippen LogP contribution in [0.2, 0.25) is 0 Å². The molecular formula is C27H43FO2. The van der Waals surface area contributed by atoms with Crippen LogP contribution in [0.25, 0.3) is 0 Å². The molecule has 2 aliphatic heterocycles. The molecule has 170 valence electrons. The molecular weight excluding hydrogens is 375 g/mol. The summed E-state index contributed by atoms with van der Waals surface area (Å²) in [5, 5.41) is 0. The highest BCUT2D eigenvalue weighted by molar-refractivity contribution is 5.15. The zero-order valence-electron chi connectivity index (χ0n) is 19.7. The molecule has 0 N–H and O–H groups in total. The summed E-state index contributed by atoms with van der Waals surface area (Å²) in [7, 11) is 0. The minimum atomic E-state index is -0.539. The van der Waals surface area contributed by atoms with Gasteiger partial charge in [0.15, 0.2) is 5.79 Å². The number of halogens is 1. The summed E-state index contributed by atoms with van der Waals surface area (Å²) in [4.78, 5) is 0. The zero-order valence-corrected chi connectivity index (χ0v) is 19.7. The molecule has 0 unspecified atom stereocenters. The van der Waals surface area contributed by atoms with Gasteiger partial charge in [-0.1, -0.05) is 27.7 Å². The molecule has 6 rings (SSSR count). The van der Waals surface area contributed by atoms with Gasteiger partial charge in [0.1, 0.15) is 6.17 Å². The van der Waals surface area contributed by atoms with Crippen molar-refractivity contribution >= 4 is 0 Å². The molecule has 1 spiro atoms. The van der Waals surface area contributed by atoms with Crippen molar-refractivity contribution in [1.29, 1.82) is 0 Å². The lowest BCUT2D eigenvalue weighted by atomic mass is 9.44. The Hall–Kier alpha value is -0.150. The van der Waals surface area contributed by atoms with Crippen LogP contribution in [0.5, 0.6) is 0 Å². The Bertz CT molecular complexity index is 686. The maximum absolute atomic E-state index is 14.2. The van der Waals surface area contributed by atoms with E-state index in [1.54, 1.807) is 0 Å². The first-order valence-electron chi connectivity index (χ1n) is 13.2. The molecule has 4 saturated carbocycles. The van der Waals surface area contributed by atoms with Gasteiger partial charge in [0.05, 0.1) is 12.7 Å². The number of ether oxygens (including phenoxy) is 2. The maximum atomic E-state index is 14.2. The van der Waals surface area contributed by atoms with Crippen LogP contribution in [0.1, 0.15) is 91.9 Å². The molecule has 0 aromatic rings. The van der Waals surface area contributed by atoms with Crippen molar-refractivity contribution < 1.29 is 13.9 Å². The van der Waals surface area contributed by atoms with E-state index in [1.165, 1.54) is 38.5 Å². The Morgan fingerprint density at radius 2 is 1.63 bits per heavy atom. The summed E-state index contributed by atoms with van der Waals surface area (Å²) < 4.78 is 27.5. The van der Waals surface area contributed by atoms with Gasteiger partial charge in [-0.3, -0.25) is 0 Å². The van der Waals surface area contributed by atoms with E-state index < -0.39 is 6.17 Å². The molecule has 6 aliphatic rings. The van der Waals surface area contributed by atoms with E-state index in [-0.39, 0.29) is 5.79 Å². The summed E-state index contributed by atoms with van der Waals surface area (Å²) in [5.74, 6) is 4.62. The van der Waals surface area contributed by atoms with Crippen LogP contribution in [0.4, 0.5) is 4.39 Å². The van der Waals surface area contributed by atoms with E-state index in [1.807, 2.05) is 0 Å². The Morgan fingerprint density at radius 3 is 2.40 bits per heavy atom. The van der Waals surface area contributed by atoms with Crippen molar-refractivity contribution in [1.82, 2.24) is 0 Å². The maximum Gasteiger partial charge on any atom is 0.171 e. The molecule has 12 atom stereocenters. The third-order valence-electron chi connectivity index (χ3n) is 11.9. The fourth-order valence-corrected chi connectivity index (χ4v) is 10.2. The third kappa shape index (κ3) is 2.60. The van der Waals surface area contributed by atoms with E-state index in [4.69, 9.17) is 9.47 Å². The Morgan fingerprint density at radius 1 is 0.833 bits per heavy atom. The molecule has 30 heavy (non-hydrogen) atoms. The highest BCUT2D eigenvalue weighted by atomic mass is 19.1. The first kappa shape index (κ1) is 20.5. The normalized spacial score (nSPS) is 62.5. The molecule has 0 amide bonds. The summed E-state index contributed by atoms with van der Waals surface area (Å²) in [6.07, 6.45) is 11.5. The van der Waals surface area contributed by atoms with Gasteiger partial charge in [-0.05, 0) is 104 Å². The van der Waals surface area contributed by atoms with Crippen molar-refractivity contribution in [3.63, 3.8) is 0 Å². The van der Waals surface area contributed by atoms with E-state index in [2.05, 4.69) is 27.7 Å². The molecule has 2 saturated heterocycles. The summed E-state index contributed by atoms with van der Waals surface area (Å²) in [6.45, 7) is 10.8. The fraction of sp³-hybridized carbons (Fsp3) is 1.00. The monoisotopic (exact) mass is 418 g/mol. The fourth-order valence-electron chi connectivity index (χ4n) is 10.2. The SMILES string of the molecule is C[C@@H]1CC[C@@]2(OC1)O[C@H]1C[C@H]3[C@@H]4CC[C@H]5C[C@H](F)CC[C@]5(C)[C@H]4CC[C@]3(C)[C@H]1[C@@H]2C. The standard InChI is InChI=1S/C27H43FO2/c1-16-7-12-27(29-15-16)17(2)24-23(30-27)14-22-20-6-5-18-13-19(28)8-10-25(18,3)21(20)9-11-26(22,24)4/h16-24H,5-15H2,1-4H3/t16-,17+,18+,19-,20-,21+,22+,23+,24+,25+,26+,27-/m1/s1. The van der Waals surface area contributed by atoms with E-state index in [9.17, 15) is 4.39 Å². The molecule has 3 heteroatoms. The molecule has 2 nitrogen and oxygen atoms in total. The van der Waals surface area contributed by atoms with Crippen LogP contribution in [0, 0.1) is 52.3 Å². The van der Waals surface area contributed by atoms with E-state index >= 15 is 0 Å². The zero-order chi connectivity index (χ0) is 20.9.